The first-order valence-electron chi connectivity index (χ1n) is 17.3. The van der Waals surface area contributed by atoms with Gasteiger partial charge in [-0.1, -0.05) is 6.92 Å². The Kier molecular flexibility index (Phi) is 12.7. The Bertz CT molecular complexity index is 1810. The van der Waals surface area contributed by atoms with Crippen molar-refractivity contribution < 1.29 is 46.8 Å². The minimum Gasteiger partial charge on any atom is -0.497 e. The molecule has 282 valence electrons. The van der Waals surface area contributed by atoms with E-state index in [0.717, 1.165) is 12.8 Å². The van der Waals surface area contributed by atoms with Crippen LogP contribution in [0.5, 0.6) is 23.0 Å². The van der Waals surface area contributed by atoms with Gasteiger partial charge in [0.25, 0.3) is 15.9 Å². The van der Waals surface area contributed by atoms with Gasteiger partial charge in [0.2, 0.25) is 6.79 Å². The molecule has 2 aliphatic rings. The molecular weight excluding hydrogens is 692 g/mol. The third kappa shape index (κ3) is 9.57. The molecule has 0 fully saturated rings. The molecule has 14 nitrogen and oxygen atoms in total. The SMILES string of the molecule is COc1ccc(S(=O)(=O)Nc2ccc3c(c2)C(=O)N([C@H](C)CO)C[C@H](C)[C@@H](CN(C)C(=O)Nc2ccc4c(c2)OCO4)OCCCC[C@@H](C)O3)cc1. The van der Waals surface area contributed by atoms with Crippen molar-refractivity contribution in [3.8, 4) is 23.0 Å². The highest BCUT2D eigenvalue weighted by Gasteiger charge is 2.31. The normalized spacial score (nSPS) is 20.2. The predicted octanol–water partition coefficient (Wildman–Crippen LogP) is 5.18. The Morgan fingerprint density at radius 3 is 2.46 bits per heavy atom. The number of hydrogen-bond acceptors (Lipinski definition) is 10. The number of nitrogens with one attached hydrogen (secondary N) is 2. The summed E-state index contributed by atoms with van der Waals surface area (Å²) in [6.07, 6.45) is 1.49. The summed E-state index contributed by atoms with van der Waals surface area (Å²) in [5.41, 5.74) is 0.862. The van der Waals surface area contributed by atoms with Crippen LogP contribution in [0.3, 0.4) is 0 Å². The van der Waals surface area contributed by atoms with Crippen molar-refractivity contribution in [3.05, 3.63) is 66.2 Å². The average molecular weight is 741 g/mol. The molecule has 5 rings (SSSR count). The first kappa shape index (κ1) is 38.5. The van der Waals surface area contributed by atoms with E-state index < -0.39 is 28.1 Å². The summed E-state index contributed by atoms with van der Waals surface area (Å²) >= 11 is 0. The van der Waals surface area contributed by atoms with E-state index in [4.69, 9.17) is 23.7 Å². The van der Waals surface area contributed by atoms with Crippen molar-refractivity contribution >= 4 is 33.3 Å². The zero-order valence-corrected chi connectivity index (χ0v) is 31.0. The Labute approximate surface area is 305 Å². The number of urea groups is 1. The monoisotopic (exact) mass is 740 g/mol. The fourth-order valence-electron chi connectivity index (χ4n) is 5.96. The van der Waals surface area contributed by atoms with Crippen molar-refractivity contribution in [2.75, 3.05) is 57.3 Å². The Morgan fingerprint density at radius 2 is 1.73 bits per heavy atom. The quantitative estimate of drug-likeness (QED) is 0.266. The molecule has 4 atom stereocenters. The number of carbonyl (C=O) groups is 2. The Morgan fingerprint density at radius 1 is 1.02 bits per heavy atom. The summed E-state index contributed by atoms with van der Waals surface area (Å²) in [6, 6.07) is 14.8. The van der Waals surface area contributed by atoms with Gasteiger partial charge in [-0.25, -0.2) is 13.2 Å². The number of ether oxygens (including phenoxy) is 5. The minimum atomic E-state index is -4.01. The molecule has 0 spiro atoms. The van der Waals surface area contributed by atoms with Crippen molar-refractivity contribution in [1.82, 2.24) is 9.80 Å². The van der Waals surface area contributed by atoms with Crippen LogP contribution in [0.25, 0.3) is 0 Å². The summed E-state index contributed by atoms with van der Waals surface area (Å²) in [6.45, 7) is 6.21. The van der Waals surface area contributed by atoms with E-state index >= 15 is 0 Å². The van der Waals surface area contributed by atoms with Crippen molar-refractivity contribution in [3.63, 3.8) is 0 Å². The van der Waals surface area contributed by atoms with Gasteiger partial charge in [-0.15, -0.1) is 0 Å². The molecule has 3 aromatic carbocycles. The number of aliphatic hydroxyl groups is 1. The molecule has 0 saturated heterocycles. The maximum absolute atomic E-state index is 14.4. The molecule has 0 saturated carbocycles. The predicted molar refractivity (Wildman–Crippen MR) is 195 cm³/mol. The first-order valence-corrected chi connectivity index (χ1v) is 18.8. The fraction of sp³-hybridized carbons (Fsp3) is 0.459. The summed E-state index contributed by atoms with van der Waals surface area (Å²) in [4.78, 5) is 30.8. The number of amides is 3. The fourth-order valence-corrected chi connectivity index (χ4v) is 7.01. The van der Waals surface area contributed by atoms with Gasteiger partial charge < -0.3 is 43.9 Å². The molecule has 52 heavy (non-hydrogen) atoms. The lowest BCUT2D eigenvalue weighted by molar-refractivity contribution is -0.0115. The number of rotatable bonds is 9. The zero-order chi connectivity index (χ0) is 37.4. The van der Waals surface area contributed by atoms with E-state index in [1.807, 2.05) is 13.8 Å². The summed E-state index contributed by atoms with van der Waals surface area (Å²) in [7, 11) is -0.845. The van der Waals surface area contributed by atoms with E-state index in [1.54, 1.807) is 56.4 Å². The number of nitrogens with zero attached hydrogens (tertiary/aromatic N) is 2. The van der Waals surface area contributed by atoms with Gasteiger partial charge in [0.05, 0.1) is 42.4 Å². The average Bonchev–Trinajstić information content (AvgIpc) is 3.60. The number of hydrogen-bond donors (Lipinski definition) is 3. The van der Waals surface area contributed by atoms with Gasteiger partial charge in [-0.05, 0) is 87.7 Å². The van der Waals surface area contributed by atoms with E-state index in [0.29, 0.717) is 41.7 Å². The van der Waals surface area contributed by atoms with Crippen LogP contribution in [0.2, 0.25) is 0 Å². The number of fused-ring (bicyclic) bond motifs is 2. The second-order valence-electron chi connectivity index (χ2n) is 13.2. The molecule has 0 aromatic heterocycles. The van der Waals surface area contributed by atoms with E-state index in [9.17, 15) is 23.1 Å². The third-order valence-corrected chi connectivity index (χ3v) is 10.5. The van der Waals surface area contributed by atoms with Gasteiger partial charge in [0.1, 0.15) is 11.5 Å². The maximum Gasteiger partial charge on any atom is 0.321 e. The number of anilines is 2. The molecule has 0 unspecified atom stereocenters. The van der Waals surface area contributed by atoms with Crippen LogP contribution in [0.1, 0.15) is 50.4 Å². The topological polar surface area (TPSA) is 165 Å². The second kappa shape index (κ2) is 17.2. The zero-order valence-electron chi connectivity index (χ0n) is 30.2. The molecule has 0 radical (unpaired) electrons. The van der Waals surface area contributed by atoms with Crippen LogP contribution < -0.4 is 29.0 Å². The van der Waals surface area contributed by atoms with E-state index in [2.05, 4.69) is 10.0 Å². The number of carbonyl (C=O) groups excluding carboxylic acids is 2. The van der Waals surface area contributed by atoms with E-state index in [1.165, 1.54) is 35.1 Å². The number of benzene rings is 3. The number of sulfonamides is 1. The van der Waals surface area contributed by atoms with Crippen LogP contribution >= 0.6 is 0 Å². The van der Waals surface area contributed by atoms with Crippen LogP contribution in [0.15, 0.2) is 65.6 Å². The lowest BCUT2D eigenvalue weighted by Crippen LogP contribution is -2.48. The molecule has 2 aliphatic heterocycles. The molecular formula is C37H48N4O10S. The standard InChI is InChI=1S/C37H48N4O10S/c1-24-20-41(25(2)22-42)36(43)31-18-28(39-52(45,46)30-13-11-29(47-5)12-14-30)10-15-32(31)51-26(3)8-6-7-17-48-35(24)21-40(4)37(44)38-27-9-16-33-34(19-27)50-23-49-33/h9-16,18-19,24-26,35,39,42H,6-8,17,20-23H2,1-5H3,(H,38,44)/t24-,25+,26+,35+/m0/s1. The van der Waals surface area contributed by atoms with Crippen molar-refractivity contribution in [1.29, 1.82) is 0 Å². The van der Waals surface area contributed by atoms with Gasteiger partial charge in [-0.3, -0.25) is 9.52 Å². The van der Waals surface area contributed by atoms with Gasteiger partial charge in [0.15, 0.2) is 11.5 Å². The Hall–Kier alpha value is -4.73. The first-order chi connectivity index (χ1) is 24.9. The van der Waals surface area contributed by atoms with Gasteiger partial charge in [-0.2, -0.15) is 0 Å². The number of aliphatic hydroxyl groups excluding tert-OH is 1. The number of methoxy groups -OCH3 is 1. The smallest absolute Gasteiger partial charge is 0.321 e. The second-order valence-corrected chi connectivity index (χ2v) is 14.9. The Balaban J connectivity index is 1.38. The van der Waals surface area contributed by atoms with Crippen LogP contribution in [-0.2, 0) is 14.8 Å². The lowest BCUT2D eigenvalue weighted by Gasteiger charge is -2.35. The molecule has 2 heterocycles. The minimum absolute atomic E-state index is 0.0227. The van der Waals surface area contributed by atoms with Crippen LogP contribution in [0.4, 0.5) is 16.2 Å². The summed E-state index contributed by atoms with van der Waals surface area (Å²) < 4.78 is 57.7. The number of likely N-dealkylation sites (N-methyl/N-ethyl adjacent to an activating group) is 1. The van der Waals surface area contributed by atoms with Gasteiger partial charge >= 0.3 is 6.03 Å². The van der Waals surface area contributed by atoms with Gasteiger partial charge in [0, 0.05) is 50.1 Å². The largest absolute Gasteiger partial charge is 0.497 e. The maximum atomic E-state index is 14.4. The van der Waals surface area contributed by atoms with Crippen molar-refractivity contribution in [2.45, 2.75) is 63.2 Å². The highest BCUT2D eigenvalue weighted by Crippen LogP contribution is 2.34. The molecule has 3 amide bonds. The van der Waals surface area contributed by atoms with Crippen molar-refractivity contribution in [2.24, 2.45) is 5.92 Å². The van der Waals surface area contributed by atoms with Crippen LogP contribution in [0, 0.1) is 5.92 Å². The van der Waals surface area contributed by atoms with Crippen LogP contribution in [-0.4, -0.2) is 101 Å². The molecule has 3 N–H and O–H groups in total. The highest BCUT2D eigenvalue weighted by molar-refractivity contribution is 7.92. The van der Waals surface area contributed by atoms with E-state index in [-0.39, 0.29) is 60.7 Å². The third-order valence-electron chi connectivity index (χ3n) is 9.10. The molecule has 15 heteroatoms. The highest BCUT2D eigenvalue weighted by atomic mass is 32.2. The molecule has 0 bridgehead atoms. The molecule has 3 aromatic rings. The molecule has 0 aliphatic carbocycles. The summed E-state index contributed by atoms with van der Waals surface area (Å²) in [5, 5.41) is 13.2. The summed E-state index contributed by atoms with van der Waals surface area (Å²) in [5.74, 6) is 1.23. The lowest BCUT2D eigenvalue weighted by atomic mass is 10.0.